The van der Waals surface area contributed by atoms with Gasteiger partial charge in [-0.3, -0.25) is 9.59 Å². The number of carbonyl (C=O) groups excluding carboxylic acids is 2. The van der Waals surface area contributed by atoms with E-state index in [0.717, 1.165) is 17.1 Å². The fraction of sp³-hybridized carbons (Fsp3) is 0.250. The van der Waals surface area contributed by atoms with Crippen molar-refractivity contribution in [3.05, 3.63) is 82.0 Å². The number of nitrogens with one attached hydrogen (secondary N) is 2. The Morgan fingerprint density at radius 1 is 1.00 bits per heavy atom. The first-order valence-electron chi connectivity index (χ1n) is 10.5. The molecule has 0 atom stereocenters. The van der Waals surface area contributed by atoms with E-state index in [9.17, 15) is 18.0 Å². The van der Waals surface area contributed by atoms with Gasteiger partial charge in [0.05, 0.1) is 4.90 Å². The van der Waals surface area contributed by atoms with E-state index in [-0.39, 0.29) is 23.3 Å². The lowest BCUT2D eigenvalue weighted by Gasteiger charge is -2.15. The van der Waals surface area contributed by atoms with E-state index < -0.39 is 10.0 Å². The Kier molecular flexibility index (Phi) is 8.37. The van der Waals surface area contributed by atoms with Crippen LogP contribution in [0.25, 0.3) is 0 Å². The quantitative estimate of drug-likeness (QED) is 0.455. The van der Waals surface area contributed by atoms with Crippen LogP contribution in [0.1, 0.15) is 33.6 Å². The Balaban J connectivity index is 1.58. The van der Waals surface area contributed by atoms with Gasteiger partial charge in [0, 0.05) is 43.2 Å². The van der Waals surface area contributed by atoms with Crippen molar-refractivity contribution in [2.45, 2.75) is 30.7 Å². The number of benzene rings is 2. The summed E-state index contributed by atoms with van der Waals surface area (Å²) in [6.45, 7) is 0.0569. The molecule has 0 radical (unpaired) electrons. The molecule has 3 aromatic rings. The zero-order valence-corrected chi connectivity index (χ0v) is 20.2. The minimum Gasteiger partial charge on any atom is -0.348 e. The van der Waals surface area contributed by atoms with Crippen LogP contribution in [0.2, 0.25) is 0 Å². The molecule has 2 aromatic carbocycles. The highest BCUT2D eigenvalue weighted by Gasteiger charge is 2.21. The number of aryl methyl sites for hydroxylation is 1. The molecule has 3 rings (SSSR count). The molecule has 1 aromatic heterocycles. The summed E-state index contributed by atoms with van der Waals surface area (Å²) >= 11 is 1.68. The summed E-state index contributed by atoms with van der Waals surface area (Å²) in [5.74, 6) is -0.465. The number of rotatable bonds is 10. The van der Waals surface area contributed by atoms with Crippen LogP contribution >= 0.6 is 11.3 Å². The number of hydrogen-bond acceptors (Lipinski definition) is 5. The number of hydrogen-bond donors (Lipinski definition) is 2. The highest BCUT2D eigenvalue weighted by Crippen LogP contribution is 2.19. The van der Waals surface area contributed by atoms with E-state index in [2.05, 4.69) is 16.7 Å². The summed E-state index contributed by atoms with van der Waals surface area (Å²) in [7, 11) is -0.697. The topological polar surface area (TPSA) is 95.6 Å². The Morgan fingerprint density at radius 2 is 1.79 bits per heavy atom. The molecule has 0 saturated carbocycles. The first kappa shape index (κ1) is 24.6. The fourth-order valence-electron chi connectivity index (χ4n) is 3.22. The predicted octanol–water partition coefficient (Wildman–Crippen LogP) is 3.89. The van der Waals surface area contributed by atoms with Gasteiger partial charge in [-0.15, -0.1) is 11.3 Å². The molecule has 7 nitrogen and oxygen atoms in total. The van der Waals surface area contributed by atoms with E-state index in [0.29, 0.717) is 23.2 Å². The molecule has 0 saturated heterocycles. The van der Waals surface area contributed by atoms with Crippen molar-refractivity contribution >= 4 is 38.9 Å². The summed E-state index contributed by atoms with van der Waals surface area (Å²) in [4.78, 5) is 26.3. The lowest BCUT2D eigenvalue weighted by molar-refractivity contribution is -0.116. The fourth-order valence-corrected chi connectivity index (χ4v) is 5.08. The van der Waals surface area contributed by atoms with Gasteiger partial charge in [0.2, 0.25) is 15.9 Å². The van der Waals surface area contributed by atoms with Crippen LogP contribution in [0.15, 0.2) is 70.9 Å². The molecule has 0 unspecified atom stereocenters. The maximum atomic E-state index is 12.7. The van der Waals surface area contributed by atoms with Crippen LogP contribution in [0, 0.1) is 0 Å². The molecule has 0 aliphatic rings. The highest BCUT2D eigenvalue weighted by molar-refractivity contribution is 7.89. The molecule has 0 spiro atoms. The zero-order valence-electron chi connectivity index (χ0n) is 18.6. The Morgan fingerprint density at radius 3 is 2.52 bits per heavy atom. The Hall–Kier alpha value is -3.01. The van der Waals surface area contributed by atoms with Gasteiger partial charge < -0.3 is 10.6 Å². The molecule has 9 heteroatoms. The monoisotopic (exact) mass is 485 g/mol. The van der Waals surface area contributed by atoms with Crippen LogP contribution in [-0.2, 0) is 27.8 Å². The van der Waals surface area contributed by atoms with Gasteiger partial charge in [-0.05, 0) is 54.1 Å². The predicted molar refractivity (Wildman–Crippen MR) is 131 cm³/mol. The Bertz CT molecular complexity index is 1210. The van der Waals surface area contributed by atoms with Crippen LogP contribution in [0.4, 0.5) is 5.69 Å². The maximum Gasteiger partial charge on any atom is 0.251 e. The van der Waals surface area contributed by atoms with E-state index in [1.54, 1.807) is 53.8 Å². The van der Waals surface area contributed by atoms with Crippen LogP contribution in [0.3, 0.4) is 0 Å². The lowest BCUT2D eigenvalue weighted by atomic mass is 10.1. The lowest BCUT2D eigenvalue weighted by Crippen LogP contribution is -2.27. The van der Waals surface area contributed by atoms with Gasteiger partial charge in [-0.1, -0.05) is 30.3 Å². The van der Waals surface area contributed by atoms with Crippen molar-refractivity contribution < 1.29 is 18.0 Å². The van der Waals surface area contributed by atoms with E-state index in [1.165, 1.54) is 25.0 Å². The minimum atomic E-state index is -3.63. The number of amides is 2. The molecule has 0 aliphatic heterocycles. The van der Waals surface area contributed by atoms with Gasteiger partial charge in [-0.25, -0.2) is 12.7 Å². The number of anilines is 1. The second kappa shape index (κ2) is 11.2. The summed E-state index contributed by atoms with van der Waals surface area (Å²) in [5, 5.41) is 7.62. The van der Waals surface area contributed by atoms with Crippen molar-refractivity contribution in [2.75, 3.05) is 19.4 Å². The molecular weight excluding hydrogens is 458 g/mol. The summed E-state index contributed by atoms with van der Waals surface area (Å²) in [6.07, 6.45) is 2.01. The second-order valence-corrected chi connectivity index (χ2v) is 10.8. The molecule has 0 bridgehead atoms. The third-order valence-corrected chi connectivity index (χ3v) is 7.84. The third kappa shape index (κ3) is 6.74. The summed E-state index contributed by atoms with van der Waals surface area (Å²) < 4.78 is 26.2. The van der Waals surface area contributed by atoms with Gasteiger partial charge in [-0.2, -0.15) is 0 Å². The number of nitrogens with zero attached hydrogens (tertiary/aromatic N) is 1. The SMILES string of the molecule is CN(C)S(=O)(=O)c1ccccc1CNC(=O)c1cccc(NC(=O)CCCc2cccs2)c1. The number of thiophene rings is 1. The molecule has 2 N–H and O–H groups in total. The van der Waals surface area contributed by atoms with Gasteiger partial charge in [0.15, 0.2) is 0 Å². The van der Waals surface area contributed by atoms with E-state index >= 15 is 0 Å². The third-order valence-electron chi connectivity index (χ3n) is 4.99. The van der Waals surface area contributed by atoms with Gasteiger partial charge >= 0.3 is 0 Å². The summed E-state index contributed by atoms with van der Waals surface area (Å²) in [5.41, 5.74) is 1.41. The van der Waals surface area contributed by atoms with E-state index in [4.69, 9.17) is 0 Å². The first-order chi connectivity index (χ1) is 15.8. The number of carbonyl (C=O) groups is 2. The Labute approximate surface area is 198 Å². The zero-order chi connectivity index (χ0) is 23.8. The van der Waals surface area contributed by atoms with Crippen molar-refractivity contribution in [3.8, 4) is 0 Å². The first-order valence-corrected chi connectivity index (χ1v) is 12.8. The average Bonchev–Trinajstić information content (AvgIpc) is 3.31. The highest BCUT2D eigenvalue weighted by atomic mass is 32.2. The van der Waals surface area contributed by atoms with Crippen LogP contribution in [-0.4, -0.2) is 38.6 Å². The van der Waals surface area contributed by atoms with Crippen LogP contribution in [0.5, 0.6) is 0 Å². The van der Waals surface area contributed by atoms with Gasteiger partial charge in [0.25, 0.3) is 5.91 Å². The molecular formula is C24H27N3O4S2. The molecule has 174 valence electrons. The van der Waals surface area contributed by atoms with Crippen molar-refractivity contribution in [1.29, 1.82) is 0 Å². The molecule has 0 aliphatic carbocycles. The molecule has 0 fully saturated rings. The standard InChI is InChI=1S/C24H27N3O4S2/c1-27(2)33(30,31)22-13-4-3-8-19(22)17-25-24(29)18-9-5-10-20(16-18)26-23(28)14-6-11-21-12-7-15-32-21/h3-5,7-10,12-13,15-16H,6,11,14,17H2,1-2H3,(H,25,29)(H,26,28). The molecule has 2 amide bonds. The van der Waals surface area contributed by atoms with Gasteiger partial charge in [0.1, 0.15) is 0 Å². The molecule has 33 heavy (non-hydrogen) atoms. The molecule has 1 heterocycles. The average molecular weight is 486 g/mol. The summed E-state index contributed by atoms with van der Waals surface area (Å²) in [6, 6.07) is 17.3. The number of sulfonamides is 1. The normalized spacial score (nSPS) is 11.4. The minimum absolute atomic E-state index is 0.0569. The van der Waals surface area contributed by atoms with E-state index in [1.807, 2.05) is 11.4 Å². The van der Waals surface area contributed by atoms with Crippen LogP contribution < -0.4 is 10.6 Å². The van der Waals surface area contributed by atoms with Crippen molar-refractivity contribution in [3.63, 3.8) is 0 Å². The smallest absolute Gasteiger partial charge is 0.251 e. The van der Waals surface area contributed by atoms with Crippen molar-refractivity contribution in [1.82, 2.24) is 9.62 Å². The maximum absolute atomic E-state index is 12.7. The van der Waals surface area contributed by atoms with Crippen molar-refractivity contribution in [2.24, 2.45) is 0 Å². The second-order valence-electron chi connectivity index (χ2n) is 7.64. The largest absolute Gasteiger partial charge is 0.348 e.